The van der Waals surface area contributed by atoms with E-state index in [-0.39, 0.29) is 46.7 Å². The number of carbonyl (C=O) groups excluding carboxylic acids is 1. The molecular weight excluding hydrogens is 563 g/mol. The number of aryl methyl sites for hydroxylation is 1. The highest BCUT2D eigenvalue weighted by atomic mass is 19.4. The Kier molecular flexibility index (Phi) is 6.87. The Morgan fingerprint density at radius 2 is 1.74 bits per heavy atom. The van der Waals surface area contributed by atoms with Crippen LogP contribution in [0.5, 0.6) is 5.75 Å². The molecule has 1 aliphatic rings. The number of nitrogens with one attached hydrogen (secondary N) is 1. The van der Waals surface area contributed by atoms with Gasteiger partial charge < -0.3 is 19.0 Å². The second-order valence-electron chi connectivity index (χ2n) is 9.74. The Morgan fingerprint density at radius 1 is 1.00 bits per heavy atom. The highest BCUT2D eigenvalue weighted by Gasteiger charge is 2.32. The summed E-state index contributed by atoms with van der Waals surface area (Å²) >= 11 is 0. The average Bonchev–Trinajstić information content (AvgIpc) is 3.63. The second-order valence-corrected chi connectivity index (χ2v) is 9.74. The van der Waals surface area contributed by atoms with Gasteiger partial charge in [0.1, 0.15) is 5.75 Å². The number of rotatable bonds is 7. The van der Waals surface area contributed by atoms with Crippen LogP contribution in [0.1, 0.15) is 36.9 Å². The largest absolute Gasteiger partial charge is 0.573 e. The third-order valence-electron chi connectivity index (χ3n) is 6.98. The number of ether oxygens (including phenoxy) is 2. The second kappa shape index (κ2) is 10.5. The van der Waals surface area contributed by atoms with Crippen LogP contribution in [0.25, 0.3) is 44.9 Å². The fourth-order valence-corrected chi connectivity index (χ4v) is 5.28. The minimum atomic E-state index is -5.02. The SMILES string of the molecule is CCOC(=O)CC1CCc2c1[nH]c1ccc(-c3noc(-c4cc(OC(F)(F)F)cc(-c5cc(F)nc(F)c5)c4)n3)cc21. The minimum Gasteiger partial charge on any atom is -0.466 e. The lowest BCUT2D eigenvalue weighted by Crippen LogP contribution is -2.17. The molecule has 0 amide bonds. The van der Waals surface area contributed by atoms with Crippen LogP contribution in [-0.4, -0.2) is 39.0 Å². The summed E-state index contributed by atoms with van der Waals surface area (Å²) in [7, 11) is 0. The lowest BCUT2D eigenvalue weighted by molar-refractivity contribution is -0.274. The fourth-order valence-electron chi connectivity index (χ4n) is 5.28. The number of esters is 1. The highest BCUT2D eigenvalue weighted by Crippen LogP contribution is 2.41. The van der Waals surface area contributed by atoms with Crippen LogP contribution in [0.15, 0.2) is 53.1 Å². The van der Waals surface area contributed by atoms with Crippen LogP contribution in [0, 0.1) is 11.9 Å². The van der Waals surface area contributed by atoms with Gasteiger partial charge in [0.15, 0.2) is 0 Å². The first kappa shape index (κ1) is 27.4. The van der Waals surface area contributed by atoms with Gasteiger partial charge in [-0.3, -0.25) is 4.79 Å². The van der Waals surface area contributed by atoms with Crippen LogP contribution in [-0.2, 0) is 16.0 Å². The van der Waals surface area contributed by atoms with Crippen molar-refractivity contribution in [3.8, 4) is 39.7 Å². The number of hydrogen-bond donors (Lipinski definition) is 1. The molecule has 0 saturated heterocycles. The van der Waals surface area contributed by atoms with Gasteiger partial charge in [-0.2, -0.15) is 18.7 Å². The zero-order chi connectivity index (χ0) is 29.6. The minimum absolute atomic E-state index is 0.00776. The van der Waals surface area contributed by atoms with Gasteiger partial charge in [0, 0.05) is 45.8 Å². The summed E-state index contributed by atoms with van der Waals surface area (Å²) in [4.78, 5) is 22.8. The van der Waals surface area contributed by atoms with Crippen molar-refractivity contribution in [1.82, 2.24) is 20.1 Å². The van der Waals surface area contributed by atoms with Crippen molar-refractivity contribution in [2.75, 3.05) is 6.61 Å². The van der Waals surface area contributed by atoms with E-state index in [9.17, 15) is 26.7 Å². The summed E-state index contributed by atoms with van der Waals surface area (Å²) in [6.07, 6.45) is -3.17. The smallest absolute Gasteiger partial charge is 0.466 e. The molecule has 3 heterocycles. The number of pyridine rings is 1. The molecule has 2 aromatic carbocycles. The number of carbonyl (C=O) groups is 1. The van der Waals surface area contributed by atoms with Crippen molar-refractivity contribution < 1.29 is 40.7 Å². The first-order valence-corrected chi connectivity index (χ1v) is 12.9. The first-order valence-electron chi connectivity index (χ1n) is 12.9. The van der Waals surface area contributed by atoms with Crippen molar-refractivity contribution in [2.45, 2.75) is 38.5 Å². The van der Waals surface area contributed by atoms with E-state index in [2.05, 4.69) is 24.8 Å². The molecule has 6 rings (SSSR count). The number of halogens is 5. The molecule has 0 saturated carbocycles. The van der Waals surface area contributed by atoms with E-state index in [1.165, 1.54) is 6.07 Å². The molecule has 1 unspecified atom stereocenters. The fraction of sp³-hybridized carbons (Fsp3) is 0.241. The molecule has 0 fully saturated rings. The molecule has 3 aromatic heterocycles. The molecule has 0 bridgehead atoms. The van der Waals surface area contributed by atoms with Crippen LogP contribution in [0.4, 0.5) is 22.0 Å². The Morgan fingerprint density at radius 3 is 2.48 bits per heavy atom. The number of alkyl halides is 3. The standard InChI is InChI=1S/C29H21F5N4O4/c1-2-40-25(39)13-14-3-5-20-21-10-15(4-6-22(21)35-26(14)20)27-37-28(42-38-27)18-7-16(8-19(9-18)41-29(32,33)34)17-11-23(30)36-24(31)12-17/h4,6-12,14,35H,2-3,5,13H2,1H3. The van der Waals surface area contributed by atoms with E-state index >= 15 is 0 Å². The molecular formula is C29H21F5N4O4. The number of benzene rings is 2. The maximum Gasteiger partial charge on any atom is 0.573 e. The molecule has 8 nitrogen and oxygen atoms in total. The number of aromatic nitrogens is 4. The quantitative estimate of drug-likeness (QED) is 0.124. The van der Waals surface area contributed by atoms with Crippen molar-refractivity contribution in [2.24, 2.45) is 0 Å². The number of aromatic amines is 1. The van der Waals surface area contributed by atoms with Crippen LogP contribution in [0.3, 0.4) is 0 Å². The molecule has 13 heteroatoms. The van der Waals surface area contributed by atoms with Crippen molar-refractivity contribution in [3.63, 3.8) is 0 Å². The van der Waals surface area contributed by atoms with Crippen molar-refractivity contribution >= 4 is 16.9 Å². The molecule has 5 aromatic rings. The van der Waals surface area contributed by atoms with Gasteiger partial charge >= 0.3 is 12.3 Å². The predicted molar refractivity (Wildman–Crippen MR) is 139 cm³/mol. The maximum absolute atomic E-state index is 13.8. The van der Waals surface area contributed by atoms with Gasteiger partial charge in [-0.15, -0.1) is 13.2 Å². The zero-order valence-corrected chi connectivity index (χ0v) is 21.9. The zero-order valence-electron chi connectivity index (χ0n) is 21.9. The maximum atomic E-state index is 13.8. The lowest BCUT2D eigenvalue weighted by atomic mass is 10.0. The van der Waals surface area contributed by atoms with E-state index in [0.29, 0.717) is 12.2 Å². The third-order valence-corrected chi connectivity index (χ3v) is 6.98. The topological polar surface area (TPSA) is 103 Å². The molecule has 1 N–H and O–H groups in total. The van der Waals surface area contributed by atoms with Gasteiger partial charge in [0.05, 0.1) is 13.0 Å². The molecule has 1 aliphatic carbocycles. The summed E-state index contributed by atoms with van der Waals surface area (Å²) in [5.74, 6) is -3.12. The van der Waals surface area contributed by atoms with E-state index in [1.807, 2.05) is 12.1 Å². The summed E-state index contributed by atoms with van der Waals surface area (Å²) in [6, 6.07) is 10.6. The number of fused-ring (bicyclic) bond motifs is 3. The van der Waals surface area contributed by atoms with E-state index in [0.717, 1.165) is 59.3 Å². The van der Waals surface area contributed by atoms with Gasteiger partial charge in [-0.05, 0) is 72.9 Å². The molecule has 42 heavy (non-hydrogen) atoms. The van der Waals surface area contributed by atoms with Gasteiger partial charge in [-0.1, -0.05) is 5.16 Å². The number of hydrogen-bond acceptors (Lipinski definition) is 7. The first-order chi connectivity index (χ1) is 20.1. The van der Waals surface area contributed by atoms with Crippen LogP contribution < -0.4 is 4.74 Å². The van der Waals surface area contributed by atoms with Gasteiger partial charge in [-0.25, -0.2) is 0 Å². The van der Waals surface area contributed by atoms with Crippen molar-refractivity contribution in [1.29, 1.82) is 0 Å². The normalized spacial score (nSPS) is 14.8. The van der Waals surface area contributed by atoms with Crippen LogP contribution in [0.2, 0.25) is 0 Å². The monoisotopic (exact) mass is 584 g/mol. The Labute approximate surface area is 234 Å². The lowest BCUT2D eigenvalue weighted by Gasteiger charge is -2.12. The molecule has 0 spiro atoms. The molecule has 0 radical (unpaired) electrons. The Hall–Kier alpha value is -4.81. The summed E-state index contributed by atoms with van der Waals surface area (Å²) in [5, 5.41) is 4.94. The number of nitrogens with zero attached hydrogens (tertiary/aromatic N) is 3. The highest BCUT2D eigenvalue weighted by molar-refractivity contribution is 5.89. The summed E-state index contributed by atoms with van der Waals surface area (Å²) in [5.41, 5.74) is 3.52. The van der Waals surface area contributed by atoms with E-state index in [1.54, 1.807) is 13.0 Å². The Bertz CT molecular complexity index is 1790. The van der Waals surface area contributed by atoms with Crippen LogP contribution >= 0.6 is 0 Å². The summed E-state index contributed by atoms with van der Waals surface area (Å²) < 4.78 is 81.2. The molecule has 216 valence electrons. The van der Waals surface area contributed by atoms with E-state index < -0.39 is 24.0 Å². The third kappa shape index (κ3) is 5.54. The summed E-state index contributed by atoms with van der Waals surface area (Å²) in [6.45, 7) is 2.09. The van der Waals surface area contributed by atoms with Gasteiger partial charge in [0.2, 0.25) is 17.7 Å². The molecule has 0 aliphatic heterocycles. The van der Waals surface area contributed by atoms with Gasteiger partial charge in [0.25, 0.3) is 5.89 Å². The van der Waals surface area contributed by atoms with Crippen molar-refractivity contribution in [3.05, 3.63) is 71.7 Å². The Balaban J connectivity index is 1.34. The van der Waals surface area contributed by atoms with E-state index in [4.69, 9.17) is 9.26 Å². The predicted octanol–water partition coefficient (Wildman–Crippen LogP) is 7.11. The average molecular weight is 585 g/mol. The number of H-pyrrole nitrogens is 1. The molecule has 1 atom stereocenters.